The molecule has 0 aromatic rings. The van der Waals surface area contributed by atoms with E-state index in [9.17, 15) is 4.79 Å². The van der Waals surface area contributed by atoms with Crippen LogP contribution in [-0.2, 0) is 9.47 Å². The highest BCUT2D eigenvalue weighted by molar-refractivity contribution is 5.95. The van der Waals surface area contributed by atoms with E-state index in [1.165, 1.54) is 0 Å². The van der Waals surface area contributed by atoms with Crippen LogP contribution in [0.1, 0.15) is 53.9 Å². The number of ether oxygens (including phenoxy) is 2. The lowest BCUT2D eigenvalue weighted by Gasteiger charge is -2.35. The van der Waals surface area contributed by atoms with Crippen molar-refractivity contribution in [3.63, 3.8) is 0 Å². The van der Waals surface area contributed by atoms with Crippen LogP contribution in [-0.4, -0.2) is 49.2 Å². The third-order valence-corrected chi connectivity index (χ3v) is 3.75. The molecule has 1 aliphatic carbocycles. The maximum Gasteiger partial charge on any atom is 0.435 e. The van der Waals surface area contributed by atoms with Gasteiger partial charge in [0.1, 0.15) is 11.9 Å². The molecule has 0 aromatic heterocycles. The van der Waals surface area contributed by atoms with Gasteiger partial charge in [-0.15, -0.1) is 0 Å². The summed E-state index contributed by atoms with van der Waals surface area (Å²) in [4.78, 5) is 18.4. The standard InChI is InChI=1S/C15H26N2O3.CH4/c1-15(2,3)13(17-8-10-19-11-9-17)16-14(18)20-12-6-4-5-7-12;/h12H,4-11H2,1-3H3;1H4. The van der Waals surface area contributed by atoms with E-state index in [0.717, 1.165) is 44.6 Å². The number of nitrogens with zero attached hydrogens (tertiary/aromatic N) is 2. The molecule has 0 atom stereocenters. The molecule has 0 bridgehead atoms. The first-order valence-corrected chi connectivity index (χ1v) is 7.59. The van der Waals surface area contributed by atoms with Gasteiger partial charge in [-0.1, -0.05) is 28.2 Å². The van der Waals surface area contributed by atoms with E-state index in [4.69, 9.17) is 9.47 Å². The summed E-state index contributed by atoms with van der Waals surface area (Å²) in [5.41, 5.74) is -0.175. The van der Waals surface area contributed by atoms with E-state index in [0.29, 0.717) is 13.2 Å². The average molecular weight is 298 g/mol. The Morgan fingerprint density at radius 2 is 1.76 bits per heavy atom. The summed E-state index contributed by atoms with van der Waals surface area (Å²) in [6.45, 7) is 9.16. The topological polar surface area (TPSA) is 51.1 Å². The van der Waals surface area contributed by atoms with Crippen molar-refractivity contribution < 1.29 is 14.3 Å². The van der Waals surface area contributed by atoms with Gasteiger partial charge in [0.05, 0.1) is 13.2 Å². The van der Waals surface area contributed by atoms with Crippen molar-refractivity contribution in [3.8, 4) is 0 Å². The van der Waals surface area contributed by atoms with Gasteiger partial charge in [-0.3, -0.25) is 0 Å². The zero-order chi connectivity index (χ0) is 14.6. The molecule has 1 saturated carbocycles. The summed E-state index contributed by atoms with van der Waals surface area (Å²) < 4.78 is 10.8. The Bertz CT molecular complexity index is 362. The smallest absolute Gasteiger partial charge is 0.435 e. The van der Waals surface area contributed by atoms with Gasteiger partial charge < -0.3 is 14.4 Å². The Morgan fingerprint density at radius 1 is 1.19 bits per heavy atom. The molecule has 0 radical (unpaired) electrons. The molecular formula is C16H30N2O3. The molecule has 0 unspecified atom stereocenters. The van der Waals surface area contributed by atoms with Gasteiger partial charge in [-0.05, 0) is 25.7 Å². The van der Waals surface area contributed by atoms with Crippen LogP contribution in [0.3, 0.4) is 0 Å². The highest BCUT2D eigenvalue weighted by Gasteiger charge is 2.28. The fourth-order valence-corrected chi connectivity index (χ4v) is 2.75. The summed E-state index contributed by atoms with van der Waals surface area (Å²) >= 11 is 0. The van der Waals surface area contributed by atoms with Crippen LogP contribution in [0.5, 0.6) is 0 Å². The molecule has 1 aliphatic heterocycles. The van der Waals surface area contributed by atoms with Crippen molar-refractivity contribution in [2.75, 3.05) is 26.3 Å². The van der Waals surface area contributed by atoms with E-state index in [1.54, 1.807) is 0 Å². The molecule has 5 heteroatoms. The largest absolute Gasteiger partial charge is 0.445 e. The van der Waals surface area contributed by atoms with Gasteiger partial charge in [0.25, 0.3) is 0 Å². The first-order valence-electron chi connectivity index (χ1n) is 7.59. The lowest BCUT2D eigenvalue weighted by atomic mass is 9.93. The number of carbonyl (C=O) groups excluding carboxylic acids is 1. The minimum Gasteiger partial charge on any atom is -0.445 e. The average Bonchev–Trinajstić information content (AvgIpc) is 2.88. The molecule has 0 spiro atoms. The van der Waals surface area contributed by atoms with Gasteiger partial charge in [0, 0.05) is 18.5 Å². The Morgan fingerprint density at radius 3 is 2.29 bits per heavy atom. The summed E-state index contributed by atoms with van der Waals surface area (Å²) in [7, 11) is 0. The third kappa shape index (κ3) is 5.30. The van der Waals surface area contributed by atoms with Crippen LogP contribution < -0.4 is 0 Å². The molecule has 0 N–H and O–H groups in total. The van der Waals surface area contributed by atoms with E-state index >= 15 is 0 Å². The van der Waals surface area contributed by atoms with Crippen molar-refractivity contribution >= 4 is 11.9 Å². The molecule has 2 aliphatic rings. The molecule has 1 amide bonds. The highest BCUT2D eigenvalue weighted by Crippen LogP contribution is 2.23. The fourth-order valence-electron chi connectivity index (χ4n) is 2.75. The van der Waals surface area contributed by atoms with Crippen LogP contribution in [0.25, 0.3) is 0 Å². The van der Waals surface area contributed by atoms with Crippen LogP contribution in [0.2, 0.25) is 0 Å². The molecule has 2 fully saturated rings. The first kappa shape index (κ1) is 18.0. The Kier molecular flexibility index (Phi) is 6.65. The Balaban J connectivity index is 0.00000220. The predicted molar refractivity (Wildman–Crippen MR) is 84.8 cm³/mol. The molecule has 1 saturated heterocycles. The van der Waals surface area contributed by atoms with Crippen LogP contribution in [0.15, 0.2) is 4.99 Å². The Labute approximate surface area is 128 Å². The molecule has 1 heterocycles. The number of hydrogen-bond acceptors (Lipinski definition) is 3. The number of aliphatic imine (C=N–C) groups is 1. The lowest BCUT2D eigenvalue weighted by molar-refractivity contribution is 0.0638. The SMILES string of the molecule is C.CC(C)(C)C(=NC(=O)OC1CCCC1)N1CCOCC1. The second kappa shape index (κ2) is 7.78. The first-order chi connectivity index (χ1) is 9.47. The van der Waals surface area contributed by atoms with Gasteiger partial charge >= 0.3 is 6.09 Å². The molecule has 21 heavy (non-hydrogen) atoms. The van der Waals surface area contributed by atoms with Crippen molar-refractivity contribution in [1.82, 2.24) is 4.90 Å². The monoisotopic (exact) mass is 298 g/mol. The van der Waals surface area contributed by atoms with Crippen molar-refractivity contribution in [1.29, 1.82) is 0 Å². The minimum absolute atomic E-state index is 0. The zero-order valence-corrected chi connectivity index (χ0v) is 12.9. The lowest BCUT2D eigenvalue weighted by Crippen LogP contribution is -2.46. The summed E-state index contributed by atoms with van der Waals surface area (Å²) in [5.74, 6) is 0.809. The number of amides is 1. The van der Waals surface area contributed by atoms with Gasteiger partial charge in [-0.2, -0.15) is 4.99 Å². The molecule has 2 rings (SSSR count). The molecule has 5 nitrogen and oxygen atoms in total. The summed E-state index contributed by atoms with van der Waals surface area (Å²) in [6.07, 6.45) is 3.88. The quantitative estimate of drug-likeness (QED) is 0.549. The molecule has 0 aromatic carbocycles. The van der Waals surface area contributed by atoms with Gasteiger partial charge in [0.2, 0.25) is 0 Å². The van der Waals surface area contributed by atoms with Crippen molar-refractivity contribution in [3.05, 3.63) is 0 Å². The normalized spacial score (nSPS) is 21.1. The summed E-state index contributed by atoms with van der Waals surface area (Å²) in [5, 5.41) is 0. The number of amidine groups is 1. The molecular weight excluding hydrogens is 268 g/mol. The number of hydrogen-bond donors (Lipinski definition) is 0. The fraction of sp³-hybridized carbons (Fsp3) is 0.875. The summed E-state index contributed by atoms with van der Waals surface area (Å²) in [6, 6.07) is 0. The number of rotatable bonds is 1. The Hall–Kier alpha value is -1.10. The number of carbonyl (C=O) groups is 1. The highest BCUT2D eigenvalue weighted by atomic mass is 16.6. The zero-order valence-electron chi connectivity index (χ0n) is 12.9. The third-order valence-electron chi connectivity index (χ3n) is 3.75. The van der Waals surface area contributed by atoms with Crippen molar-refractivity contribution in [2.24, 2.45) is 10.4 Å². The van der Waals surface area contributed by atoms with E-state index in [1.807, 2.05) is 0 Å². The van der Waals surface area contributed by atoms with E-state index in [-0.39, 0.29) is 18.9 Å². The van der Waals surface area contributed by atoms with Crippen molar-refractivity contribution in [2.45, 2.75) is 60.0 Å². The van der Waals surface area contributed by atoms with E-state index < -0.39 is 6.09 Å². The molecule has 122 valence electrons. The van der Waals surface area contributed by atoms with Crippen LogP contribution in [0, 0.1) is 5.41 Å². The predicted octanol–water partition coefficient (Wildman–Crippen LogP) is 3.48. The van der Waals surface area contributed by atoms with Crippen LogP contribution >= 0.6 is 0 Å². The number of morpholine rings is 1. The maximum absolute atomic E-state index is 12.0. The second-order valence-corrected chi connectivity index (χ2v) is 6.58. The van der Waals surface area contributed by atoms with Crippen LogP contribution in [0.4, 0.5) is 4.79 Å². The van der Waals surface area contributed by atoms with Gasteiger partial charge in [0.15, 0.2) is 0 Å². The second-order valence-electron chi connectivity index (χ2n) is 6.58. The van der Waals surface area contributed by atoms with Gasteiger partial charge in [-0.25, -0.2) is 4.79 Å². The van der Waals surface area contributed by atoms with E-state index in [2.05, 4.69) is 30.7 Å². The maximum atomic E-state index is 12.0. The minimum atomic E-state index is -0.437.